The molecule has 0 radical (unpaired) electrons. The average Bonchev–Trinajstić information content (AvgIpc) is 2.80. The monoisotopic (exact) mass is 389 g/mol. The fourth-order valence-corrected chi connectivity index (χ4v) is 2.15. The minimum absolute atomic E-state index is 0.0229. The van der Waals surface area contributed by atoms with Gasteiger partial charge in [-0.3, -0.25) is 9.48 Å². The molecule has 0 saturated carbocycles. The largest absolute Gasteiger partial charge is 0.493 e. The molecule has 0 saturated heterocycles. The highest BCUT2D eigenvalue weighted by atomic mass is 79.9. The van der Waals surface area contributed by atoms with Crippen molar-refractivity contribution in [3.05, 3.63) is 34.6 Å². The predicted octanol–water partition coefficient (Wildman–Crippen LogP) is 3.20. The van der Waals surface area contributed by atoms with Crippen molar-refractivity contribution in [2.75, 3.05) is 12.4 Å². The summed E-state index contributed by atoms with van der Waals surface area (Å²) >= 11 is 3.31. The number of methoxy groups -OCH3 is 1. The number of rotatable bonds is 6. The number of aromatic nitrogens is 2. The van der Waals surface area contributed by atoms with Gasteiger partial charge < -0.3 is 14.8 Å². The van der Waals surface area contributed by atoms with Crippen LogP contribution in [0.15, 0.2) is 28.9 Å². The lowest BCUT2D eigenvalue weighted by Gasteiger charge is -2.12. The molecule has 2 rings (SSSR count). The molecule has 0 aliphatic rings. The number of amides is 1. The zero-order chi connectivity index (χ0) is 17.0. The van der Waals surface area contributed by atoms with Crippen LogP contribution in [0.5, 0.6) is 11.5 Å². The summed E-state index contributed by atoms with van der Waals surface area (Å²) in [6, 6.07) is 4.15. The van der Waals surface area contributed by atoms with Gasteiger partial charge in [0.2, 0.25) is 5.91 Å². The molecule has 6 nitrogen and oxygen atoms in total. The van der Waals surface area contributed by atoms with E-state index in [1.165, 1.54) is 30.0 Å². The number of hydrogen-bond acceptors (Lipinski definition) is 4. The standard InChI is InChI=1S/C14H14BrF2N3O3/c1-8-10(15)6-18-20(8)7-13(21)19-9-3-4-11(23-14(16)17)12(5-9)22-2/h3-6,14H,7H2,1-2H3,(H,19,21). The van der Waals surface area contributed by atoms with Crippen LogP contribution < -0.4 is 14.8 Å². The molecule has 1 heterocycles. The van der Waals surface area contributed by atoms with E-state index in [9.17, 15) is 13.6 Å². The van der Waals surface area contributed by atoms with Crippen LogP contribution in [0.2, 0.25) is 0 Å². The van der Waals surface area contributed by atoms with Gasteiger partial charge in [0, 0.05) is 11.8 Å². The van der Waals surface area contributed by atoms with E-state index >= 15 is 0 Å². The Morgan fingerprint density at radius 1 is 1.43 bits per heavy atom. The predicted molar refractivity (Wildman–Crippen MR) is 82.9 cm³/mol. The van der Waals surface area contributed by atoms with Crippen LogP contribution in [-0.2, 0) is 11.3 Å². The number of anilines is 1. The van der Waals surface area contributed by atoms with E-state index in [-0.39, 0.29) is 24.0 Å². The zero-order valence-corrected chi connectivity index (χ0v) is 13.9. The van der Waals surface area contributed by atoms with Gasteiger partial charge in [-0.15, -0.1) is 0 Å². The van der Waals surface area contributed by atoms with Crippen molar-refractivity contribution in [1.82, 2.24) is 9.78 Å². The Morgan fingerprint density at radius 2 is 2.17 bits per heavy atom. The summed E-state index contributed by atoms with van der Waals surface area (Å²) in [4.78, 5) is 12.0. The van der Waals surface area contributed by atoms with Crippen molar-refractivity contribution < 1.29 is 23.0 Å². The van der Waals surface area contributed by atoms with Crippen LogP contribution >= 0.6 is 15.9 Å². The fraction of sp³-hybridized carbons (Fsp3) is 0.286. The third-order valence-corrected chi connectivity index (χ3v) is 3.78. The lowest BCUT2D eigenvalue weighted by Crippen LogP contribution is -2.20. The average molecular weight is 390 g/mol. The van der Waals surface area contributed by atoms with Crippen LogP contribution in [0.1, 0.15) is 5.69 Å². The van der Waals surface area contributed by atoms with Crippen LogP contribution in [0.25, 0.3) is 0 Å². The van der Waals surface area contributed by atoms with E-state index in [4.69, 9.17) is 4.74 Å². The molecule has 0 unspecified atom stereocenters. The molecule has 124 valence electrons. The first-order chi connectivity index (χ1) is 10.9. The lowest BCUT2D eigenvalue weighted by atomic mass is 10.2. The Balaban J connectivity index is 2.07. The van der Waals surface area contributed by atoms with Gasteiger partial charge in [-0.05, 0) is 35.0 Å². The summed E-state index contributed by atoms with van der Waals surface area (Å²) in [6.45, 7) is -1.11. The van der Waals surface area contributed by atoms with Crippen LogP contribution in [-0.4, -0.2) is 29.4 Å². The van der Waals surface area contributed by atoms with Crippen molar-refractivity contribution in [3.63, 3.8) is 0 Å². The van der Waals surface area contributed by atoms with E-state index in [2.05, 4.69) is 31.1 Å². The molecule has 0 aliphatic carbocycles. The number of halogens is 3. The third kappa shape index (κ3) is 4.41. The maximum atomic E-state index is 12.3. The molecule has 2 aromatic rings. The van der Waals surface area contributed by atoms with Gasteiger partial charge in [0.05, 0.1) is 23.5 Å². The van der Waals surface area contributed by atoms with Crippen LogP contribution in [0.4, 0.5) is 14.5 Å². The SMILES string of the molecule is COc1cc(NC(=O)Cn2ncc(Br)c2C)ccc1OC(F)F. The first kappa shape index (κ1) is 17.2. The third-order valence-electron chi connectivity index (χ3n) is 3.00. The molecule has 1 aromatic heterocycles. The van der Waals surface area contributed by atoms with Gasteiger partial charge in [0.15, 0.2) is 11.5 Å². The van der Waals surface area contributed by atoms with Crippen molar-refractivity contribution in [2.45, 2.75) is 20.1 Å². The molecule has 1 aromatic carbocycles. The zero-order valence-electron chi connectivity index (χ0n) is 12.3. The van der Waals surface area contributed by atoms with E-state index in [0.29, 0.717) is 5.69 Å². The Labute approximate surface area is 139 Å². The van der Waals surface area contributed by atoms with Gasteiger partial charge in [-0.2, -0.15) is 13.9 Å². The highest BCUT2D eigenvalue weighted by Crippen LogP contribution is 2.31. The smallest absolute Gasteiger partial charge is 0.387 e. The molecule has 0 bridgehead atoms. The van der Waals surface area contributed by atoms with Crippen molar-refractivity contribution in [3.8, 4) is 11.5 Å². The van der Waals surface area contributed by atoms with E-state index in [0.717, 1.165) is 10.2 Å². The van der Waals surface area contributed by atoms with Gasteiger partial charge >= 0.3 is 6.61 Å². The molecule has 0 aliphatic heterocycles. The van der Waals surface area contributed by atoms with E-state index < -0.39 is 6.61 Å². The summed E-state index contributed by atoms with van der Waals surface area (Å²) < 4.78 is 36.2. The van der Waals surface area contributed by atoms with E-state index in [1.54, 1.807) is 6.20 Å². The number of nitrogens with one attached hydrogen (secondary N) is 1. The number of alkyl halides is 2. The number of ether oxygens (including phenoxy) is 2. The highest BCUT2D eigenvalue weighted by molar-refractivity contribution is 9.10. The first-order valence-corrected chi connectivity index (χ1v) is 7.30. The summed E-state index contributed by atoms with van der Waals surface area (Å²) in [5.74, 6) is -0.318. The van der Waals surface area contributed by atoms with Gasteiger partial charge in [-0.1, -0.05) is 0 Å². The molecule has 0 spiro atoms. The van der Waals surface area contributed by atoms with Crippen molar-refractivity contribution >= 4 is 27.5 Å². The second-order valence-corrected chi connectivity index (χ2v) is 5.38. The first-order valence-electron chi connectivity index (χ1n) is 6.51. The molecule has 9 heteroatoms. The highest BCUT2D eigenvalue weighted by Gasteiger charge is 2.13. The van der Waals surface area contributed by atoms with Gasteiger partial charge in [0.1, 0.15) is 6.54 Å². The topological polar surface area (TPSA) is 65.4 Å². The number of benzene rings is 1. The summed E-state index contributed by atoms with van der Waals surface area (Å²) in [7, 11) is 1.32. The Bertz CT molecular complexity index is 707. The molecule has 1 amide bonds. The number of hydrogen-bond donors (Lipinski definition) is 1. The number of nitrogens with zero attached hydrogens (tertiary/aromatic N) is 2. The van der Waals surface area contributed by atoms with Gasteiger partial charge in [0.25, 0.3) is 0 Å². The molecular weight excluding hydrogens is 376 g/mol. The van der Waals surface area contributed by atoms with Crippen LogP contribution in [0, 0.1) is 6.92 Å². The summed E-state index contributed by atoms with van der Waals surface area (Å²) in [6.07, 6.45) is 1.60. The van der Waals surface area contributed by atoms with Crippen molar-refractivity contribution in [1.29, 1.82) is 0 Å². The second kappa shape index (κ2) is 7.40. The van der Waals surface area contributed by atoms with Crippen molar-refractivity contribution in [2.24, 2.45) is 0 Å². The normalized spacial score (nSPS) is 10.7. The quantitative estimate of drug-likeness (QED) is 0.823. The molecule has 23 heavy (non-hydrogen) atoms. The maximum absolute atomic E-state index is 12.3. The number of carbonyl (C=O) groups excluding carboxylic acids is 1. The summed E-state index contributed by atoms with van der Waals surface area (Å²) in [5, 5.41) is 6.70. The summed E-state index contributed by atoms with van der Waals surface area (Å²) in [5.41, 5.74) is 1.22. The molecule has 0 atom stereocenters. The second-order valence-electron chi connectivity index (χ2n) is 4.53. The minimum atomic E-state index is -2.95. The Kier molecular flexibility index (Phi) is 5.54. The fourth-order valence-electron chi connectivity index (χ4n) is 1.86. The Morgan fingerprint density at radius 3 is 2.74 bits per heavy atom. The molecular formula is C14H14BrF2N3O3. The van der Waals surface area contributed by atoms with Gasteiger partial charge in [-0.25, -0.2) is 0 Å². The molecule has 1 N–H and O–H groups in total. The molecule has 0 fully saturated rings. The lowest BCUT2D eigenvalue weighted by molar-refractivity contribution is -0.116. The van der Waals surface area contributed by atoms with E-state index in [1.807, 2.05) is 6.92 Å². The Hall–Kier alpha value is -2.16. The van der Waals surface area contributed by atoms with Crippen LogP contribution in [0.3, 0.4) is 0 Å². The maximum Gasteiger partial charge on any atom is 0.387 e. The minimum Gasteiger partial charge on any atom is -0.493 e. The number of carbonyl (C=O) groups is 1.